The van der Waals surface area contributed by atoms with Gasteiger partial charge < -0.3 is 44.3 Å². The summed E-state index contributed by atoms with van der Waals surface area (Å²) < 4.78 is 30.4. The number of Topliss-reactive ketones (excluding diaryl/α,β-unsaturated/α-hetero) is 1. The van der Waals surface area contributed by atoms with Gasteiger partial charge in [0.25, 0.3) is 5.91 Å². The summed E-state index contributed by atoms with van der Waals surface area (Å²) >= 11 is 0. The van der Waals surface area contributed by atoms with Crippen molar-refractivity contribution < 1.29 is 67.8 Å². The molecular weight excluding hydrogens is 803 g/mol. The molecular formula is C47H53NO14. The molecule has 7 rings (SSSR count). The number of hydrogen-bond acceptors (Lipinski definition) is 14. The maximum Gasteiger partial charge on any atom is 0.338 e. The molecule has 1 heterocycles. The molecule has 0 radical (unpaired) electrons. The number of nitrogens with one attached hydrogen (secondary N) is 1. The van der Waals surface area contributed by atoms with Crippen molar-refractivity contribution in [2.24, 2.45) is 28.6 Å². The number of rotatable bonds is 10. The van der Waals surface area contributed by atoms with Gasteiger partial charge in [-0.3, -0.25) is 19.2 Å². The molecule has 62 heavy (non-hydrogen) atoms. The first-order valence-corrected chi connectivity index (χ1v) is 20.8. The average molecular weight is 856 g/mol. The van der Waals surface area contributed by atoms with Crippen LogP contribution in [0.15, 0.2) is 91.0 Å². The van der Waals surface area contributed by atoms with Crippen LogP contribution < -0.4 is 5.32 Å². The highest BCUT2D eigenvalue weighted by atomic mass is 16.6. The zero-order chi connectivity index (χ0) is 44.9. The number of hydrogen-bond donors (Lipinski definition) is 4. The number of amides is 1. The smallest absolute Gasteiger partial charge is 0.338 e. The summed E-state index contributed by atoms with van der Waals surface area (Å²) in [5.41, 5.74) is -6.93. The fourth-order valence-electron chi connectivity index (χ4n) is 10.8. The number of aliphatic hydroxyl groups excluding tert-OH is 2. The molecule has 4 fully saturated rings. The van der Waals surface area contributed by atoms with Gasteiger partial charge in [-0.1, -0.05) is 87.5 Å². The second-order valence-electron chi connectivity index (χ2n) is 17.8. The van der Waals surface area contributed by atoms with Crippen LogP contribution in [0.5, 0.6) is 0 Å². The molecule has 3 saturated carbocycles. The number of ketones is 1. The van der Waals surface area contributed by atoms with Crippen LogP contribution >= 0.6 is 0 Å². The monoisotopic (exact) mass is 855 g/mol. The second kappa shape index (κ2) is 16.7. The first-order valence-electron chi connectivity index (χ1n) is 20.8. The molecule has 13 atom stereocenters. The van der Waals surface area contributed by atoms with Crippen molar-refractivity contribution in [3.8, 4) is 0 Å². The molecule has 4 N–H and O–H groups in total. The Kier molecular flexibility index (Phi) is 12.0. The summed E-state index contributed by atoms with van der Waals surface area (Å²) in [6.45, 7) is 8.28. The molecule has 6 unspecified atom stereocenters. The molecule has 1 amide bonds. The lowest BCUT2D eigenvalue weighted by Crippen LogP contribution is -2.83. The van der Waals surface area contributed by atoms with Crippen molar-refractivity contribution in [2.75, 3.05) is 6.61 Å². The summed E-state index contributed by atoms with van der Waals surface area (Å²) in [4.78, 5) is 83.6. The SMILES string of the molecule is CC(=O)O[C@H]1C(=O)[C@@]2(C)C([C@H](OC(=O)c3ccccc3)[C@]3(O)C[C@H](OC(=O)C(O)C(NC(=O)c4ccccc4)c4ccccc4)C(C)C1C3(C)C)[C@]1(OC(C)=O)COC1C[C@@H]2O. The number of esters is 4. The minimum absolute atomic E-state index is 0.0809. The summed E-state index contributed by atoms with van der Waals surface area (Å²) in [5, 5.41) is 40.3. The number of aliphatic hydroxyl groups is 3. The van der Waals surface area contributed by atoms with E-state index >= 15 is 4.79 Å². The number of ether oxygens (including phenoxy) is 5. The molecule has 2 bridgehead atoms. The standard InChI is InChI=1S/C47H53NO14/c1-25-31(60-43(56)36(52)35(28-16-10-7-11-17-28)48-41(54)29-18-12-8-13-19-29)23-47(57)40(61-42(55)30-20-14-9-15-21-30)38-45(6,32(51)22-33-46(38,24-58-33)62-27(3)50)39(53)37(59-26(2)49)34(25)44(47,4)5/h7-21,25,31-38,40,51-52,57H,22-24H2,1-6H3,(H,48,54)/t25?,31-,32-,33?,34?,35?,36?,37+,38?,40-,45+,46-,47+/m0/s1. The number of carbonyl (C=O) groups is 6. The normalized spacial score (nSPS) is 34.2. The molecule has 330 valence electrons. The van der Waals surface area contributed by atoms with E-state index in [1.807, 2.05) is 0 Å². The van der Waals surface area contributed by atoms with Gasteiger partial charge in [0.1, 0.15) is 23.9 Å². The van der Waals surface area contributed by atoms with Crippen LogP contribution in [0.3, 0.4) is 0 Å². The van der Waals surface area contributed by atoms with Gasteiger partial charge >= 0.3 is 23.9 Å². The second-order valence-corrected chi connectivity index (χ2v) is 17.8. The molecule has 3 aliphatic carbocycles. The van der Waals surface area contributed by atoms with Crippen LogP contribution in [0.25, 0.3) is 0 Å². The van der Waals surface area contributed by atoms with E-state index in [0.717, 1.165) is 13.8 Å². The van der Waals surface area contributed by atoms with Gasteiger partial charge in [0, 0.05) is 49.5 Å². The lowest BCUT2D eigenvalue weighted by Gasteiger charge is -2.69. The van der Waals surface area contributed by atoms with E-state index in [2.05, 4.69) is 5.32 Å². The van der Waals surface area contributed by atoms with Crippen LogP contribution in [0.1, 0.15) is 86.7 Å². The van der Waals surface area contributed by atoms with Crippen molar-refractivity contribution in [3.63, 3.8) is 0 Å². The molecule has 15 nitrogen and oxygen atoms in total. The number of fused-ring (bicyclic) bond motifs is 5. The lowest BCUT2D eigenvalue weighted by atomic mass is 9.42. The van der Waals surface area contributed by atoms with Crippen LogP contribution in [0.4, 0.5) is 0 Å². The third-order valence-corrected chi connectivity index (χ3v) is 14.0. The summed E-state index contributed by atoms with van der Waals surface area (Å²) in [7, 11) is 0. The largest absolute Gasteiger partial charge is 0.460 e. The van der Waals surface area contributed by atoms with Gasteiger partial charge in [0.15, 0.2) is 23.6 Å². The Morgan fingerprint density at radius 2 is 1.40 bits per heavy atom. The number of carbonyl (C=O) groups excluding carboxylic acids is 6. The van der Waals surface area contributed by atoms with E-state index in [1.165, 1.54) is 19.1 Å². The van der Waals surface area contributed by atoms with E-state index in [9.17, 15) is 39.3 Å². The molecule has 3 aromatic carbocycles. The molecule has 0 spiro atoms. The fourth-order valence-corrected chi connectivity index (χ4v) is 10.8. The van der Waals surface area contributed by atoms with Crippen molar-refractivity contribution in [2.45, 2.75) is 108 Å². The van der Waals surface area contributed by atoms with Crippen molar-refractivity contribution in [1.82, 2.24) is 5.32 Å². The highest BCUT2D eigenvalue weighted by molar-refractivity contribution is 5.95. The maximum atomic E-state index is 15.5. The Bertz CT molecular complexity index is 2200. The lowest BCUT2D eigenvalue weighted by molar-refractivity contribution is -0.355. The van der Waals surface area contributed by atoms with E-state index in [-0.39, 0.29) is 24.2 Å². The fraction of sp³-hybridized carbons (Fsp3) is 0.489. The Morgan fingerprint density at radius 1 is 0.823 bits per heavy atom. The Hall–Kier alpha value is -5.48. The summed E-state index contributed by atoms with van der Waals surface area (Å²) in [6.07, 6.45) is -10.1. The third-order valence-electron chi connectivity index (χ3n) is 14.0. The molecule has 15 heteroatoms. The van der Waals surface area contributed by atoms with Gasteiger partial charge in [-0.05, 0) is 36.8 Å². The van der Waals surface area contributed by atoms with Crippen molar-refractivity contribution in [1.29, 1.82) is 0 Å². The maximum absolute atomic E-state index is 15.5. The predicted molar refractivity (Wildman–Crippen MR) is 218 cm³/mol. The zero-order valence-corrected chi connectivity index (χ0v) is 35.4. The van der Waals surface area contributed by atoms with Crippen LogP contribution in [0.2, 0.25) is 0 Å². The molecule has 0 aromatic heterocycles. The van der Waals surface area contributed by atoms with Gasteiger partial charge in [0.2, 0.25) is 0 Å². The van der Waals surface area contributed by atoms with Crippen LogP contribution in [0, 0.1) is 28.6 Å². The van der Waals surface area contributed by atoms with Gasteiger partial charge in [-0.15, -0.1) is 0 Å². The molecule has 3 aromatic rings. The number of benzene rings is 3. The average Bonchev–Trinajstić information content (AvgIpc) is 3.24. The van der Waals surface area contributed by atoms with Gasteiger partial charge in [0.05, 0.1) is 35.6 Å². The van der Waals surface area contributed by atoms with Crippen LogP contribution in [-0.2, 0) is 42.9 Å². The molecule has 4 aliphatic rings. The van der Waals surface area contributed by atoms with Crippen molar-refractivity contribution in [3.05, 3.63) is 108 Å². The van der Waals surface area contributed by atoms with E-state index in [4.69, 9.17) is 23.7 Å². The van der Waals surface area contributed by atoms with Gasteiger partial charge in [-0.25, -0.2) is 9.59 Å². The van der Waals surface area contributed by atoms with Crippen molar-refractivity contribution >= 4 is 35.6 Å². The minimum atomic E-state index is -2.33. The third kappa shape index (κ3) is 7.37. The summed E-state index contributed by atoms with van der Waals surface area (Å²) in [6, 6.07) is 23.1. The predicted octanol–water partition coefficient (Wildman–Crippen LogP) is 3.67. The summed E-state index contributed by atoms with van der Waals surface area (Å²) in [5.74, 6) is -8.77. The molecule has 1 aliphatic heterocycles. The van der Waals surface area contributed by atoms with Gasteiger partial charge in [-0.2, -0.15) is 0 Å². The van der Waals surface area contributed by atoms with E-state index in [1.54, 1.807) is 99.6 Å². The Morgan fingerprint density at radius 3 is 1.95 bits per heavy atom. The molecule has 1 saturated heterocycles. The zero-order valence-electron chi connectivity index (χ0n) is 35.4. The minimum Gasteiger partial charge on any atom is -0.460 e. The first-order chi connectivity index (χ1) is 29.3. The first kappa shape index (κ1) is 44.6. The highest BCUT2D eigenvalue weighted by Crippen LogP contribution is 2.65. The quantitative estimate of drug-likeness (QED) is 0.169. The Labute approximate surface area is 359 Å². The highest BCUT2D eigenvalue weighted by Gasteiger charge is 2.79. The van der Waals surface area contributed by atoms with Crippen LogP contribution in [-0.4, -0.2) is 105 Å². The topological polar surface area (TPSA) is 221 Å². The van der Waals surface area contributed by atoms with E-state index in [0.29, 0.717) is 5.56 Å². The Balaban J connectivity index is 1.36. The van der Waals surface area contributed by atoms with E-state index < -0.39 is 124 Å².